The summed E-state index contributed by atoms with van der Waals surface area (Å²) in [6, 6.07) is 11.0. The van der Waals surface area contributed by atoms with Crippen molar-refractivity contribution in [3.63, 3.8) is 0 Å². The number of amides is 1. The van der Waals surface area contributed by atoms with Crippen molar-refractivity contribution in [1.29, 1.82) is 0 Å². The van der Waals surface area contributed by atoms with Crippen molar-refractivity contribution in [3.05, 3.63) is 63.8 Å². The second-order valence-corrected chi connectivity index (χ2v) is 7.08. The van der Waals surface area contributed by atoms with Crippen molar-refractivity contribution >= 4 is 5.91 Å². The average Bonchev–Trinajstić information content (AvgIpc) is 3.06. The Labute approximate surface area is 153 Å². The van der Waals surface area contributed by atoms with Gasteiger partial charge in [-0.25, -0.2) is 4.98 Å². The molecule has 0 aliphatic carbocycles. The zero-order valence-corrected chi connectivity index (χ0v) is 14.9. The molecule has 6 nitrogen and oxygen atoms in total. The number of aromatic nitrogens is 2. The third kappa shape index (κ3) is 3.55. The van der Waals surface area contributed by atoms with E-state index in [0.29, 0.717) is 31.0 Å². The first-order valence-corrected chi connectivity index (χ1v) is 9.37. The molecular formula is C20H24N4O2. The Bertz CT molecular complexity index is 841. The van der Waals surface area contributed by atoms with Gasteiger partial charge in [0.25, 0.3) is 11.5 Å². The Morgan fingerprint density at radius 3 is 2.54 bits per heavy atom. The smallest absolute Gasteiger partial charge is 0.254 e. The maximum atomic E-state index is 12.8. The molecule has 0 radical (unpaired) electrons. The SMILES string of the molecule is O=C(c1ccccc1)N1CCCn2c(nc(CN3CCCC3)cc2=O)C1. The van der Waals surface area contributed by atoms with Crippen molar-refractivity contribution < 1.29 is 4.79 Å². The molecule has 26 heavy (non-hydrogen) atoms. The van der Waals surface area contributed by atoms with Gasteiger partial charge in [0.1, 0.15) is 5.82 Å². The van der Waals surface area contributed by atoms with Gasteiger partial charge in [-0.15, -0.1) is 0 Å². The van der Waals surface area contributed by atoms with Crippen LogP contribution in [-0.2, 0) is 19.6 Å². The normalized spacial score (nSPS) is 17.8. The molecule has 0 unspecified atom stereocenters. The zero-order chi connectivity index (χ0) is 17.9. The topological polar surface area (TPSA) is 58.4 Å². The quantitative estimate of drug-likeness (QED) is 0.846. The molecule has 1 saturated heterocycles. The largest absolute Gasteiger partial charge is 0.331 e. The van der Waals surface area contributed by atoms with Crippen molar-refractivity contribution in [2.75, 3.05) is 19.6 Å². The molecule has 1 aromatic heterocycles. The second-order valence-electron chi connectivity index (χ2n) is 7.08. The number of hydrogen-bond donors (Lipinski definition) is 0. The lowest BCUT2D eigenvalue weighted by Crippen LogP contribution is -2.32. The Kier molecular flexibility index (Phi) is 4.84. The minimum Gasteiger partial charge on any atom is -0.331 e. The third-order valence-electron chi connectivity index (χ3n) is 5.17. The highest BCUT2D eigenvalue weighted by Gasteiger charge is 2.22. The maximum Gasteiger partial charge on any atom is 0.254 e. The molecule has 1 amide bonds. The van der Waals surface area contributed by atoms with Crippen LogP contribution in [0.15, 0.2) is 41.2 Å². The molecule has 4 rings (SSSR count). The lowest BCUT2D eigenvalue weighted by atomic mass is 10.2. The van der Waals surface area contributed by atoms with Crippen molar-refractivity contribution in [2.24, 2.45) is 0 Å². The minimum atomic E-state index is -0.00166. The van der Waals surface area contributed by atoms with Gasteiger partial charge in [-0.2, -0.15) is 0 Å². The molecule has 1 fully saturated rings. The molecule has 0 N–H and O–H groups in total. The molecule has 0 spiro atoms. The van der Waals surface area contributed by atoms with E-state index in [1.807, 2.05) is 30.3 Å². The predicted molar refractivity (Wildman–Crippen MR) is 98.8 cm³/mol. The van der Waals surface area contributed by atoms with Gasteiger partial charge in [-0.3, -0.25) is 19.1 Å². The number of carbonyl (C=O) groups is 1. The van der Waals surface area contributed by atoms with Gasteiger partial charge in [-0.1, -0.05) is 18.2 Å². The highest BCUT2D eigenvalue weighted by molar-refractivity contribution is 5.94. The molecule has 2 aliphatic rings. The second kappa shape index (κ2) is 7.41. The highest BCUT2D eigenvalue weighted by atomic mass is 16.2. The summed E-state index contributed by atoms with van der Waals surface area (Å²) >= 11 is 0. The van der Waals surface area contributed by atoms with E-state index in [1.165, 1.54) is 12.8 Å². The van der Waals surface area contributed by atoms with Crippen LogP contribution in [0.1, 0.15) is 41.1 Å². The van der Waals surface area contributed by atoms with E-state index in [4.69, 9.17) is 4.98 Å². The molecular weight excluding hydrogens is 328 g/mol. The molecule has 1 aromatic carbocycles. The fourth-order valence-corrected chi connectivity index (χ4v) is 3.82. The van der Waals surface area contributed by atoms with Crippen LogP contribution in [0.2, 0.25) is 0 Å². The van der Waals surface area contributed by atoms with Crippen LogP contribution in [0.25, 0.3) is 0 Å². The van der Waals surface area contributed by atoms with Gasteiger partial charge < -0.3 is 4.90 Å². The van der Waals surface area contributed by atoms with Gasteiger partial charge in [-0.05, 0) is 44.5 Å². The average molecular weight is 352 g/mol. The van der Waals surface area contributed by atoms with Gasteiger partial charge in [0.05, 0.1) is 12.2 Å². The first-order chi connectivity index (χ1) is 12.7. The summed E-state index contributed by atoms with van der Waals surface area (Å²) in [5.41, 5.74) is 1.49. The monoisotopic (exact) mass is 352 g/mol. The Hall–Kier alpha value is -2.47. The van der Waals surface area contributed by atoms with Gasteiger partial charge in [0.2, 0.25) is 0 Å². The van der Waals surface area contributed by atoms with E-state index >= 15 is 0 Å². The Morgan fingerprint density at radius 1 is 1.00 bits per heavy atom. The molecule has 0 atom stereocenters. The summed E-state index contributed by atoms with van der Waals surface area (Å²) in [5.74, 6) is 0.701. The lowest BCUT2D eigenvalue weighted by molar-refractivity contribution is 0.0743. The minimum absolute atomic E-state index is 0.00163. The van der Waals surface area contributed by atoms with E-state index in [0.717, 1.165) is 31.7 Å². The number of rotatable bonds is 3. The Balaban J connectivity index is 1.59. The summed E-state index contributed by atoms with van der Waals surface area (Å²) in [6.07, 6.45) is 3.19. The van der Waals surface area contributed by atoms with E-state index in [2.05, 4.69) is 4.90 Å². The zero-order valence-electron chi connectivity index (χ0n) is 14.9. The molecule has 136 valence electrons. The van der Waals surface area contributed by atoms with E-state index < -0.39 is 0 Å². The Morgan fingerprint density at radius 2 is 1.77 bits per heavy atom. The van der Waals surface area contributed by atoms with Gasteiger partial charge in [0, 0.05) is 31.3 Å². The molecule has 2 aliphatic heterocycles. The van der Waals surface area contributed by atoms with Crippen molar-refractivity contribution in [1.82, 2.24) is 19.4 Å². The summed E-state index contributed by atoms with van der Waals surface area (Å²) in [6.45, 7) is 4.49. The molecule has 0 bridgehead atoms. The summed E-state index contributed by atoms with van der Waals surface area (Å²) in [7, 11) is 0. The molecule has 0 saturated carbocycles. The van der Waals surface area contributed by atoms with Crippen molar-refractivity contribution in [2.45, 2.75) is 38.9 Å². The molecule has 6 heteroatoms. The van der Waals surface area contributed by atoms with Crippen LogP contribution < -0.4 is 5.56 Å². The lowest BCUT2D eigenvalue weighted by Gasteiger charge is -2.21. The predicted octanol–water partition coefficient (Wildman–Crippen LogP) is 1.89. The van der Waals surface area contributed by atoms with Crippen LogP contribution in [0.3, 0.4) is 0 Å². The molecule has 3 heterocycles. The third-order valence-corrected chi connectivity index (χ3v) is 5.17. The van der Waals surface area contributed by atoms with E-state index in [9.17, 15) is 9.59 Å². The van der Waals surface area contributed by atoms with E-state index in [1.54, 1.807) is 15.5 Å². The number of carbonyl (C=O) groups excluding carboxylic acids is 1. The summed E-state index contributed by atoms with van der Waals surface area (Å²) < 4.78 is 1.73. The summed E-state index contributed by atoms with van der Waals surface area (Å²) in [5, 5.41) is 0. The fraction of sp³-hybridized carbons (Fsp3) is 0.450. The van der Waals surface area contributed by atoms with Crippen molar-refractivity contribution in [3.8, 4) is 0 Å². The highest BCUT2D eigenvalue weighted by Crippen LogP contribution is 2.15. The maximum absolute atomic E-state index is 12.8. The van der Waals surface area contributed by atoms with Crippen LogP contribution in [0.4, 0.5) is 0 Å². The van der Waals surface area contributed by atoms with Crippen LogP contribution in [-0.4, -0.2) is 44.9 Å². The fourth-order valence-electron chi connectivity index (χ4n) is 3.82. The first-order valence-electron chi connectivity index (χ1n) is 9.37. The van der Waals surface area contributed by atoms with Gasteiger partial charge >= 0.3 is 0 Å². The van der Waals surface area contributed by atoms with Gasteiger partial charge in [0.15, 0.2) is 0 Å². The van der Waals surface area contributed by atoms with Crippen LogP contribution >= 0.6 is 0 Å². The van der Waals surface area contributed by atoms with E-state index in [-0.39, 0.29) is 11.5 Å². The summed E-state index contributed by atoms with van der Waals surface area (Å²) in [4.78, 5) is 34.3. The number of benzene rings is 1. The standard InChI is InChI=1S/C20H24N4O2/c25-19-13-17(14-22-9-4-5-10-22)21-18-15-23(11-6-12-24(18)19)20(26)16-7-2-1-3-8-16/h1-3,7-8,13H,4-6,9-12,14-15H2. The number of fused-ring (bicyclic) bond motifs is 1. The number of nitrogens with zero attached hydrogens (tertiary/aromatic N) is 4. The molecule has 2 aromatic rings. The first kappa shape index (κ1) is 17.0. The number of hydrogen-bond acceptors (Lipinski definition) is 4. The van der Waals surface area contributed by atoms with Crippen LogP contribution in [0, 0.1) is 0 Å². The number of likely N-dealkylation sites (tertiary alicyclic amines) is 1. The van der Waals surface area contributed by atoms with Crippen LogP contribution in [0.5, 0.6) is 0 Å².